The molecule has 27 heavy (non-hydrogen) atoms. The molecule has 1 saturated heterocycles. The number of methoxy groups -OCH3 is 1. The van der Waals surface area contributed by atoms with E-state index in [0.29, 0.717) is 23.9 Å². The monoisotopic (exact) mass is 392 g/mol. The molecule has 1 fully saturated rings. The van der Waals surface area contributed by atoms with Gasteiger partial charge in [-0.05, 0) is 43.5 Å². The third-order valence-electron chi connectivity index (χ3n) is 4.89. The summed E-state index contributed by atoms with van der Waals surface area (Å²) >= 11 is 0. The third-order valence-corrected chi connectivity index (χ3v) is 6.55. The van der Waals surface area contributed by atoms with Crippen LogP contribution in [0, 0.1) is 0 Å². The second-order valence-electron chi connectivity index (χ2n) is 6.90. The molecule has 0 unspecified atom stereocenters. The average Bonchev–Trinajstić information content (AvgIpc) is 2.94. The van der Waals surface area contributed by atoms with E-state index in [4.69, 9.17) is 9.15 Å². The molecule has 1 aromatic carbocycles. The number of anilines is 1. The lowest BCUT2D eigenvalue weighted by atomic mass is 10.2. The zero-order valence-corrected chi connectivity index (χ0v) is 16.9. The smallest absolute Gasteiger partial charge is 0.236 e. The Kier molecular flexibility index (Phi) is 6.42. The van der Waals surface area contributed by atoms with Gasteiger partial charge in [-0.25, -0.2) is 8.42 Å². The maximum Gasteiger partial charge on any atom is 0.236 e. The van der Waals surface area contributed by atoms with E-state index < -0.39 is 9.84 Å². The maximum absolute atomic E-state index is 13.3. The van der Waals surface area contributed by atoms with Crippen LogP contribution in [0.15, 0.2) is 38.6 Å². The van der Waals surface area contributed by atoms with Crippen LogP contribution >= 0.6 is 0 Å². The molecule has 1 aromatic heterocycles. The van der Waals surface area contributed by atoms with E-state index in [2.05, 4.69) is 11.9 Å². The van der Waals surface area contributed by atoms with Crippen LogP contribution in [0.5, 0.6) is 5.75 Å². The summed E-state index contributed by atoms with van der Waals surface area (Å²) in [5.74, 6) is 1.52. The molecule has 0 saturated carbocycles. The van der Waals surface area contributed by atoms with Gasteiger partial charge in [-0.15, -0.1) is 0 Å². The van der Waals surface area contributed by atoms with Gasteiger partial charge in [0.1, 0.15) is 5.75 Å². The number of oxazole rings is 1. The van der Waals surface area contributed by atoms with Crippen molar-refractivity contribution in [1.29, 1.82) is 0 Å². The predicted octanol–water partition coefficient (Wildman–Crippen LogP) is 4.24. The highest BCUT2D eigenvalue weighted by molar-refractivity contribution is 7.91. The third kappa shape index (κ3) is 4.46. The van der Waals surface area contributed by atoms with Crippen molar-refractivity contribution in [2.45, 2.75) is 61.8 Å². The highest BCUT2D eigenvalue weighted by atomic mass is 32.2. The highest BCUT2D eigenvalue weighted by Gasteiger charge is 2.31. The molecule has 0 atom stereocenters. The first kappa shape index (κ1) is 19.7. The Morgan fingerprint density at radius 3 is 2.37 bits per heavy atom. The zero-order valence-electron chi connectivity index (χ0n) is 16.1. The Balaban J connectivity index is 2.01. The van der Waals surface area contributed by atoms with Gasteiger partial charge in [0.25, 0.3) is 0 Å². The first-order valence-electron chi connectivity index (χ1n) is 9.70. The SMILES string of the molecule is CCCCc1nc(S(=O)(=O)c2ccc(OC)cc2)c(N2CCCCCC2)o1. The van der Waals surface area contributed by atoms with Crippen molar-refractivity contribution < 1.29 is 17.6 Å². The van der Waals surface area contributed by atoms with Gasteiger partial charge in [0.15, 0.2) is 5.89 Å². The van der Waals surface area contributed by atoms with E-state index in [1.807, 2.05) is 4.90 Å². The lowest BCUT2D eigenvalue weighted by molar-refractivity contribution is 0.414. The van der Waals surface area contributed by atoms with Crippen molar-refractivity contribution in [2.24, 2.45) is 0 Å². The van der Waals surface area contributed by atoms with Crippen LogP contribution in [0.3, 0.4) is 0 Å². The fraction of sp³-hybridized carbons (Fsp3) is 0.550. The number of benzene rings is 1. The molecule has 1 aliphatic heterocycles. The van der Waals surface area contributed by atoms with Gasteiger partial charge < -0.3 is 14.1 Å². The standard InChI is InChI=1S/C20H28N2O4S/c1-3-4-9-18-21-19(20(26-18)22-14-7-5-6-8-15-22)27(23,24)17-12-10-16(25-2)11-13-17/h10-13H,3-9,14-15H2,1-2H3. The molecule has 148 valence electrons. The van der Waals surface area contributed by atoms with Crippen LogP contribution in [0.25, 0.3) is 0 Å². The normalized spacial score (nSPS) is 15.6. The minimum atomic E-state index is -3.76. The number of aromatic nitrogens is 1. The Labute approximate surface area is 161 Å². The van der Waals surface area contributed by atoms with Gasteiger partial charge in [-0.3, -0.25) is 0 Å². The fourth-order valence-electron chi connectivity index (χ4n) is 3.29. The summed E-state index contributed by atoms with van der Waals surface area (Å²) in [7, 11) is -2.21. The Morgan fingerprint density at radius 2 is 1.78 bits per heavy atom. The molecule has 0 amide bonds. The van der Waals surface area contributed by atoms with Crippen molar-refractivity contribution in [1.82, 2.24) is 4.98 Å². The maximum atomic E-state index is 13.3. The Morgan fingerprint density at radius 1 is 1.11 bits per heavy atom. The zero-order chi connectivity index (χ0) is 19.3. The van der Waals surface area contributed by atoms with Gasteiger partial charge in [-0.2, -0.15) is 4.98 Å². The summed E-state index contributed by atoms with van der Waals surface area (Å²) in [6.45, 7) is 3.69. The average molecular weight is 393 g/mol. The number of ether oxygens (including phenoxy) is 1. The summed E-state index contributed by atoms with van der Waals surface area (Å²) in [6, 6.07) is 6.41. The van der Waals surface area contributed by atoms with Crippen LogP contribution in [0.1, 0.15) is 51.3 Å². The summed E-state index contributed by atoms with van der Waals surface area (Å²) in [4.78, 5) is 6.67. The second-order valence-corrected chi connectivity index (χ2v) is 8.77. The molecular formula is C20H28N2O4S. The van der Waals surface area contributed by atoms with Gasteiger partial charge in [0.05, 0.1) is 12.0 Å². The summed E-state index contributed by atoms with van der Waals surface area (Å²) in [5.41, 5.74) is 0. The number of rotatable bonds is 7. The number of hydrogen-bond acceptors (Lipinski definition) is 6. The van der Waals surface area contributed by atoms with E-state index in [-0.39, 0.29) is 9.92 Å². The first-order valence-corrected chi connectivity index (χ1v) is 11.2. The van der Waals surface area contributed by atoms with E-state index in [1.165, 1.54) is 0 Å². The predicted molar refractivity (Wildman–Crippen MR) is 104 cm³/mol. The van der Waals surface area contributed by atoms with Crippen LogP contribution in [0.4, 0.5) is 5.88 Å². The van der Waals surface area contributed by atoms with Crippen molar-refractivity contribution in [3.63, 3.8) is 0 Å². The Hall–Kier alpha value is -2.02. The van der Waals surface area contributed by atoms with Crippen molar-refractivity contribution >= 4 is 15.7 Å². The van der Waals surface area contributed by atoms with Crippen LogP contribution in [-0.4, -0.2) is 33.6 Å². The fourth-order valence-corrected chi connectivity index (χ4v) is 4.63. The van der Waals surface area contributed by atoms with Gasteiger partial charge in [0.2, 0.25) is 20.7 Å². The molecule has 1 aliphatic rings. The largest absolute Gasteiger partial charge is 0.497 e. The summed E-state index contributed by atoms with van der Waals surface area (Å²) in [5, 5.41) is 0.0423. The van der Waals surface area contributed by atoms with Crippen molar-refractivity contribution in [3.8, 4) is 5.75 Å². The quantitative estimate of drug-likeness (QED) is 0.702. The Bertz CT molecular complexity index is 835. The highest BCUT2D eigenvalue weighted by Crippen LogP contribution is 2.33. The van der Waals surface area contributed by atoms with E-state index >= 15 is 0 Å². The molecule has 0 spiro atoms. The molecule has 6 nitrogen and oxygen atoms in total. The number of unbranched alkanes of at least 4 members (excludes halogenated alkanes) is 1. The minimum Gasteiger partial charge on any atom is -0.497 e. The van der Waals surface area contributed by atoms with Crippen LogP contribution in [0.2, 0.25) is 0 Å². The lowest BCUT2D eigenvalue weighted by Crippen LogP contribution is -2.25. The van der Waals surface area contributed by atoms with E-state index in [1.54, 1.807) is 31.4 Å². The minimum absolute atomic E-state index is 0.0423. The number of sulfone groups is 1. The van der Waals surface area contributed by atoms with E-state index in [9.17, 15) is 8.42 Å². The summed E-state index contributed by atoms with van der Waals surface area (Å²) < 4.78 is 37.7. The van der Waals surface area contributed by atoms with Crippen LogP contribution < -0.4 is 9.64 Å². The number of aryl methyl sites for hydroxylation is 1. The number of nitrogens with zero attached hydrogens (tertiary/aromatic N) is 2. The molecule has 7 heteroatoms. The second kappa shape index (κ2) is 8.78. The molecule has 0 N–H and O–H groups in total. The van der Waals surface area contributed by atoms with Crippen LogP contribution in [-0.2, 0) is 16.3 Å². The molecular weight excluding hydrogens is 364 g/mol. The van der Waals surface area contributed by atoms with Gasteiger partial charge in [-0.1, -0.05) is 26.2 Å². The van der Waals surface area contributed by atoms with Crippen molar-refractivity contribution in [3.05, 3.63) is 30.2 Å². The molecule has 0 aliphatic carbocycles. The lowest BCUT2D eigenvalue weighted by Gasteiger charge is -2.20. The molecule has 2 aromatic rings. The topological polar surface area (TPSA) is 72.6 Å². The molecule has 3 rings (SSSR count). The van der Waals surface area contributed by atoms with E-state index in [0.717, 1.165) is 51.6 Å². The molecule has 0 bridgehead atoms. The molecule has 2 heterocycles. The first-order chi connectivity index (χ1) is 13.1. The van der Waals surface area contributed by atoms with Gasteiger partial charge >= 0.3 is 0 Å². The summed E-state index contributed by atoms with van der Waals surface area (Å²) in [6.07, 6.45) is 6.96. The van der Waals surface area contributed by atoms with Crippen molar-refractivity contribution in [2.75, 3.05) is 25.1 Å². The molecule has 0 radical (unpaired) electrons. The van der Waals surface area contributed by atoms with Gasteiger partial charge in [0, 0.05) is 19.5 Å². The number of hydrogen-bond donors (Lipinski definition) is 0.